The van der Waals surface area contributed by atoms with Crippen molar-refractivity contribution in [1.82, 2.24) is 10.2 Å². The average Bonchev–Trinajstić information content (AvgIpc) is 2.71. The summed E-state index contributed by atoms with van der Waals surface area (Å²) in [6.07, 6.45) is 0. The van der Waals surface area contributed by atoms with Gasteiger partial charge in [-0.2, -0.15) is 0 Å². The molecular formula is C17H21N3O5. The molecular weight excluding hydrogens is 326 g/mol. The van der Waals surface area contributed by atoms with Crippen LogP contribution in [0.5, 0.6) is 0 Å². The Bertz CT molecular complexity index is 742. The molecule has 0 aromatic heterocycles. The Morgan fingerprint density at radius 1 is 1.20 bits per heavy atom. The van der Waals surface area contributed by atoms with Crippen LogP contribution in [0.4, 0.5) is 10.5 Å². The first-order valence-electron chi connectivity index (χ1n) is 7.77. The maximum absolute atomic E-state index is 12.0. The Hall–Kier alpha value is -2.90. The SMILES string of the molecule is Cc1ccc(NC(=O)COC(=O)CN2C(=O)NC(C)(C)C2=O)cc1C. The van der Waals surface area contributed by atoms with E-state index in [4.69, 9.17) is 4.74 Å². The highest BCUT2D eigenvalue weighted by molar-refractivity contribution is 6.08. The molecule has 1 saturated heterocycles. The van der Waals surface area contributed by atoms with E-state index in [2.05, 4.69) is 10.6 Å². The molecule has 1 fully saturated rings. The lowest BCUT2D eigenvalue weighted by atomic mass is 10.1. The number of aryl methyl sites for hydroxylation is 2. The summed E-state index contributed by atoms with van der Waals surface area (Å²) in [6.45, 7) is 5.92. The van der Waals surface area contributed by atoms with Crippen molar-refractivity contribution in [2.24, 2.45) is 0 Å². The topological polar surface area (TPSA) is 105 Å². The van der Waals surface area contributed by atoms with Crippen LogP contribution in [0.15, 0.2) is 18.2 Å². The fraction of sp³-hybridized carbons (Fsp3) is 0.412. The fourth-order valence-corrected chi connectivity index (χ4v) is 2.30. The van der Waals surface area contributed by atoms with Gasteiger partial charge in [0.15, 0.2) is 6.61 Å². The normalized spacial score (nSPS) is 15.8. The monoisotopic (exact) mass is 347 g/mol. The molecule has 0 aliphatic carbocycles. The third-order valence-electron chi connectivity index (χ3n) is 3.89. The molecule has 1 aliphatic rings. The van der Waals surface area contributed by atoms with E-state index in [0.29, 0.717) is 5.69 Å². The van der Waals surface area contributed by atoms with Crippen molar-refractivity contribution in [2.75, 3.05) is 18.5 Å². The van der Waals surface area contributed by atoms with Crippen LogP contribution >= 0.6 is 0 Å². The minimum atomic E-state index is -1.06. The van der Waals surface area contributed by atoms with Gasteiger partial charge in [-0.05, 0) is 51.0 Å². The summed E-state index contributed by atoms with van der Waals surface area (Å²) in [5, 5.41) is 5.07. The van der Waals surface area contributed by atoms with Gasteiger partial charge in [0, 0.05) is 5.69 Å². The Balaban J connectivity index is 1.83. The number of amides is 4. The Morgan fingerprint density at radius 2 is 1.88 bits per heavy atom. The molecule has 4 amide bonds. The summed E-state index contributed by atoms with van der Waals surface area (Å²) < 4.78 is 4.83. The second-order valence-corrected chi connectivity index (χ2v) is 6.45. The molecule has 1 aliphatic heterocycles. The van der Waals surface area contributed by atoms with Gasteiger partial charge >= 0.3 is 12.0 Å². The summed E-state index contributed by atoms with van der Waals surface area (Å²) in [5.74, 6) is -1.86. The molecule has 1 heterocycles. The molecule has 0 unspecified atom stereocenters. The molecule has 134 valence electrons. The summed E-state index contributed by atoms with van der Waals surface area (Å²) in [6, 6.07) is 4.77. The summed E-state index contributed by atoms with van der Waals surface area (Å²) >= 11 is 0. The third-order valence-corrected chi connectivity index (χ3v) is 3.89. The molecule has 0 spiro atoms. The number of benzene rings is 1. The Labute approximate surface area is 145 Å². The highest BCUT2D eigenvalue weighted by Gasteiger charge is 2.45. The number of esters is 1. The minimum absolute atomic E-state index is 0.501. The molecule has 2 rings (SSSR count). The largest absolute Gasteiger partial charge is 0.454 e. The number of hydrogen-bond acceptors (Lipinski definition) is 5. The molecule has 1 aromatic carbocycles. The van der Waals surface area contributed by atoms with Crippen molar-refractivity contribution >= 4 is 29.5 Å². The number of anilines is 1. The molecule has 8 nitrogen and oxygen atoms in total. The van der Waals surface area contributed by atoms with Gasteiger partial charge in [-0.25, -0.2) is 4.79 Å². The number of rotatable bonds is 5. The maximum atomic E-state index is 12.0. The van der Waals surface area contributed by atoms with Crippen LogP contribution in [-0.2, 0) is 19.1 Å². The first-order chi connectivity index (χ1) is 11.6. The lowest BCUT2D eigenvalue weighted by Gasteiger charge is -2.15. The molecule has 25 heavy (non-hydrogen) atoms. The molecule has 2 N–H and O–H groups in total. The van der Waals surface area contributed by atoms with Crippen LogP contribution < -0.4 is 10.6 Å². The zero-order valence-electron chi connectivity index (χ0n) is 14.6. The fourth-order valence-electron chi connectivity index (χ4n) is 2.30. The van der Waals surface area contributed by atoms with Gasteiger partial charge in [-0.1, -0.05) is 6.07 Å². The molecule has 8 heteroatoms. The highest BCUT2D eigenvalue weighted by atomic mass is 16.5. The van der Waals surface area contributed by atoms with Gasteiger partial charge < -0.3 is 15.4 Å². The van der Waals surface area contributed by atoms with Crippen molar-refractivity contribution in [3.8, 4) is 0 Å². The van der Waals surface area contributed by atoms with Crippen LogP contribution in [0.3, 0.4) is 0 Å². The number of ether oxygens (including phenoxy) is 1. The predicted molar refractivity (Wildman–Crippen MR) is 89.8 cm³/mol. The van der Waals surface area contributed by atoms with Gasteiger partial charge in [-0.3, -0.25) is 19.3 Å². The van der Waals surface area contributed by atoms with Gasteiger partial charge in [0.1, 0.15) is 12.1 Å². The van der Waals surface area contributed by atoms with Gasteiger partial charge in [0.2, 0.25) is 0 Å². The lowest BCUT2D eigenvalue weighted by molar-refractivity contribution is -0.150. The summed E-state index contributed by atoms with van der Waals surface area (Å²) in [4.78, 5) is 48.0. The molecule has 1 aromatic rings. The number of carbonyl (C=O) groups is 4. The van der Waals surface area contributed by atoms with Gasteiger partial charge in [0.25, 0.3) is 11.8 Å². The number of hydrogen-bond donors (Lipinski definition) is 2. The number of nitrogens with zero attached hydrogens (tertiary/aromatic N) is 1. The molecule has 0 atom stereocenters. The van der Waals surface area contributed by atoms with Crippen molar-refractivity contribution in [1.29, 1.82) is 0 Å². The Morgan fingerprint density at radius 3 is 2.44 bits per heavy atom. The van der Waals surface area contributed by atoms with E-state index in [1.807, 2.05) is 26.0 Å². The number of carbonyl (C=O) groups excluding carboxylic acids is 4. The van der Waals surface area contributed by atoms with Crippen molar-refractivity contribution in [3.05, 3.63) is 29.3 Å². The molecule has 0 saturated carbocycles. The maximum Gasteiger partial charge on any atom is 0.326 e. The second kappa shape index (κ2) is 6.92. The van der Waals surface area contributed by atoms with E-state index < -0.39 is 42.5 Å². The first kappa shape index (κ1) is 18.4. The first-order valence-corrected chi connectivity index (χ1v) is 7.77. The van der Waals surface area contributed by atoms with E-state index in [-0.39, 0.29) is 0 Å². The van der Waals surface area contributed by atoms with E-state index in [1.165, 1.54) is 13.8 Å². The molecule has 0 radical (unpaired) electrons. The van der Waals surface area contributed by atoms with Crippen molar-refractivity contribution in [3.63, 3.8) is 0 Å². The smallest absolute Gasteiger partial charge is 0.326 e. The van der Waals surface area contributed by atoms with Gasteiger partial charge in [0.05, 0.1) is 0 Å². The van der Waals surface area contributed by atoms with Crippen LogP contribution in [0.2, 0.25) is 0 Å². The highest BCUT2D eigenvalue weighted by Crippen LogP contribution is 2.16. The summed E-state index contributed by atoms with van der Waals surface area (Å²) in [5.41, 5.74) is 1.66. The van der Waals surface area contributed by atoms with Crippen LogP contribution in [0.25, 0.3) is 0 Å². The Kier molecular flexibility index (Phi) is 5.10. The summed E-state index contributed by atoms with van der Waals surface area (Å²) in [7, 11) is 0. The zero-order valence-corrected chi connectivity index (χ0v) is 14.6. The molecule has 0 bridgehead atoms. The number of urea groups is 1. The third kappa shape index (κ3) is 4.34. The van der Waals surface area contributed by atoms with E-state index in [9.17, 15) is 19.2 Å². The van der Waals surface area contributed by atoms with E-state index in [1.54, 1.807) is 6.07 Å². The lowest BCUT2D eigenvalue weighted by Crippen LogP contribution is -2.41. The van der Waals surface area contributed by atoms with Crippen LogP contribution in [0.1, 0.15) is 25.0 Å². The quantitative estimate of drug-likeness (QED) is 0.613. The minimum Gasteiger partial charge on any atom is -0.454 e. The number of imide groups is 1. The van der Waals surface area contributed by atoms with Gasteiger partial charge in [-0.15, -0.1) is 0 Å². The zero-order chi connectivity index (χ0) is 18.8. The predicted octanol–water partition coefficient (Wildman–Crippen LogP) is 1.12. The number of nitrogens with one attached hydrogen (secondary N) is 2. The van der Waals surface area contributed by atoms with Crippen LogP contribution in [0, 0.1) is 13.8 Å². The van der Waals surface area contributed by atoms with Crippen LogP contribution in [-0.4, -0.2) is 47.4 Å². The van der Waals surface area contributed by atoms with E-state index >= 15 is 0 Å². The standard InChI is InChI=1S/C17H21N3O5/c1-10-5-6-12(7-11(10)2)18-13(21)9-25-14(22)8-20-15(23)17(3,4)19-16(20)24/h5-7H,8-9H2,1-4H3,(H,18,21)(H,19,24). The average molecular weight is 347 g/mol. The van der Waals surface area contributed by atoms with E-state index in [0.717, 1.165) is 16.0 Å². The van der Waals surface area contributed by atoms with Crippen molar-refractivity contribution in [2.45, 2.75) is 33.2 Å². The van der Waals surface area contributed by atoms with Crippen molar-refractivity contribution < 1.29 is 23.9 Å². The second-order valence-electron chi connectivity index (χ2n) is 6.45.